The number of aromatic nitrogens is 3. The summed E-state index contributed by atoms with van der Waals surface area (Å²) < 4.78 is 4.66. The van der Waals surface area contributed by atoms with Gasteiger partial charge in [0.25, 0.3) is 0 Å². The fraction of sp³-hybridized carbons (Fsp3) is 0.0833. The third kappa shape index (κ3) is 1.39. The molecule has 0 aliphatic rings. The number of H-pyrrole nitrogens is 1. The second kappa shape index (κ2) is 3.69. The first-order valence-corrected chi connectivity index (χ1v) is 5.24. The van der Waals surface area contributed by atoms with Crippen LogP contribution in [0.3, 0.4) is 0 Å². The van der Waals surface area contributed by atoms with Gasteiger partial charge in [0.1, 0.15) is 12.0 Å². The zero-order valence-electron chi connectivity index (χ0n) is 9.47. The highest BCUT2D eigenvalue weighted by atomic mass is 16.5. The van der Waals surface area contributed by atoms with E-state index < -0.39 is 5.97 Å². The molecule has 3 rings (SSSR count). The molecule has 0 bridgehead atoms. The number of hydrogen-bond donors (Lipinski definition) is 2. The number of carbonyl (C=O) groups is 1. The number of carbonyl (C=O) groups excluding carboxylic acids is 1. The summed E-state index contributed by atoms with van der Waals surface area (Å²) in [5.41, 5.74) is 1.71. The van der Waals surface area contributed by atoms with Crippen molar-refractivity contribution in [2.45, 2.75) is 0 Å². The molecule has 90 valence electrons. The second-order valence-corrected chi connectivity index (χ2v) is 3.80. The largest absolute Gasteiger partial charge is 0.493 e. The molecule has 18 heavy (non-hydrogen) atoms. The quantitative estimate of drug-likeness (QED) is 0.634. The lowest BCUT2D eigenvalue weighted by Crippen LogP contribution is -2.00. The van der Waals surface area contributed by atoms with Crippen molar-refractivity contribution in [2.24, 2.45) is 0 Å². The zero-order chi connectivity index (χ0) is 12.7. The van der Waals surface area contributed by atoms with E-state index in [1.807, 2.05) is 0 Å². The Kier molecular flexibility index (Phi) is 2.16. The number of hydrogen-bond acceptors (Lipinski definition) is 5. The van der Waals surface area contributed by atoms with Crippen LogP contribution in [0.5, 0.6) is 5.88 Å². The highest BCUT2D eigenvalue weighted by molar-refractivity contribution is 6.10. The number of methoxy groups -OCH3 is 1. The van der Waals surface area contributed by atoms with Crippen LogP contribution in [-0.2, 0) is 4.74 Å². The molecule has 0 amide bonds. The van der Waals surface area contributed by atoms with Crippen LogP contribution < -0.4 is 0 Å². The number of nitrogens with zero attached hydrogens (tertiary/aromatic N) is 2. The third-order valence-electron chi connectivity index (χ3n) is 2.79. The summed E-state index contributed by atoms with van der Waals surface area (Å²) >= 11 is 0. The first-order chi connectivity index (χ1) is 8.70. The summed E-state index contributed by atoms with van der Waals surface area (Å²) in [5.74, 6) is -0.546. The number of esters is 1. The van der Waals surface area contributed by atoms with Crippen molar-refractivity contribution >= 4 is 27.9 Å². The standard InChI is InChI=1S/C12H9N3O3/c1-18-12(17)6-2-3-8-7(4-6)9-10(15-8)13-5-14-11(9)16/h2-5H,1H3,(H2,13,14,15,16). The molecule has 6 nitrogen and oxygen atoms in total. The Morgan fingerprint density at radius 2 is 2.22 bits per heavy atom. The van der Waals surface area contributed by atoms with Crippen LogP contribution in [-0.4, -0.2) is 33.1 Å². The number of aromatic hydroxyl groups is 1. The maximum absolute atomic E-state index is 11.5. The van der Waals surface area contributed by atoms with Crippen molar-refractivity contribution in [2.75, 3.05) is 7.11 Å². The Morgan fingerprint density at radius 1 is 1.39 bits per heavy atom. The summed E-state index contributed by atoms with van der Waals surface area (Å²) in [6.07, 6.45) is 1.27. The normalized spacial score (nSPS) is 10.9. The van der Waals surface area contributed by atoms with Crippen molar-refractivity contribution in [3.8, 4) is 5.88 Å². The zero-order valence-corrected chi connectivity index (χ0v) is 9.47. The molecule has 0 radical (unpaired) electrons. The Labute approximate surface area is 101 Å². The lowest BCUT2D eigenvalue weighted by Gasteiger charge is -1.99. The van der Waals surface area contributed by atoms with Gasteiger partial charge in [-0.25, -0.2) is 14.8 Å². The first-order valence-electron chi connectivity index (χ1n) is 5.24. The van der Waals surface area contributed by atoms with Crippen LogP contribution in [0.25, 0.3) is 21.9 Å². The third-order valence-corrected chi connectivity index (χ3v) is 2.79. The molecule has 0 unspecified atom stereocenters. The summed E-state index contributed by atoms with van der Waals surface area (Å²) in [5, 5.41) is 10.9. The molecule has 3 aromatic rings. The molecular formula is C12H9N3O3. The van der Waals surface area contributed by atoms with Crippen molar-refractivity contribution in [1.29, 1.82) is 0 Å². The van der Waals surface area contributed by atoms with Gasteiger partial charge in [0, 0.05) is 10.9 Å². The van der Waals surface area contributed by atoms with E-state index in [0.29, 0.717) is 22.0 Å². The molecule has 2 heterocycles. The minimum absolute atomic E-state index is 0.117. The maximum atomic E-state index is 11.5. The minimum atomic E-state index is -0.428. The molecule has 2 aromatic heterocycles. The molecule has 0 spiro atoms. The Balaban J connectivity index is 2.38. The topological polar surface area (TPSA) is 88.1 Å². The van der Waals surface area contributed by atoms with E-state index in [0.717, 1.165) is 5.52 Å². The maximum Gasteiger partial charge on any atom is 0.337 e. The van der Waals surface area contributed by atoms with E-state index in [1.165, 1.54) is 13.4 Å². The van der Waals surface area contributed by atoms with E-state index in [2.05, 4.69) is 19.7 Å². The fourth-order valence-corrected chi connectivity index (χ4v) is 1.95. The summed E-state index contributed by atoms with van der Waals surface area (Å²) in [6.45, 7) is 0. The number of rotatable bonds is 1. The summed E-state index contributed by atoms with van der Waals surface area (Å²) in [6, 6.07) is 5.03. The fourth-order valence-electron chi connectivity index (χ4n) is 1.95. The van der Waals surface area contributed by atoms with Crippen LogP contribution in [0, 0.1) is 0 Å². The van der Waals surface area contributed by atoms with E-state index in [9.17, 15) is 9.90 Å². The average molecular weight is 243 g/mol. The minimum Gasteiger partial charge on any atom is -0.493 e. The smallest absolute Gasteiger partial charge is 0.337 e. The van der Waals surface area contributed by atoms with Crippen LogP contribution >= 0.6 is 0 Å². The van der Waals surface area contributed by atoms with Gasteiger partial charge in [0.05, 0.1) is 18.1 Å². The van der Waals surface area contributed by atoms with Gasteiger partial charge in [-0.3, -0.25) is 0 Å². The van der Waals surface area contributed by atoms with Gasteiger partial charge in [-0.1, -0.05) is 0 Å². The van der Waals surface area contributed by atoms with Crippen LogP contribution in [0.2, 0.25) is 0 Å². The number of fused-ring (bicyclic) bond motifs is 3. The van der Waals surface area contributed by atoms with E-state index >= 15 is 0 Å². The molecule has 6 heteroatoms. The Morgan fingerprint density at radius 3 is 3.00 bits per heavy atom. The van der Waals surface area contributed by atoms with Crippen LogP contribution in [0.1, 0.15) is 10.4 Å². The summed E-state index contributed by atoms with van der Waals surface area (Å²) in [4.78, 5) is 22.3. The summed E-state index contributed by atoms with van der Waals surface area (Å²) in [7, 11) is 1.32. The van der Waals surface area contributed by atoms with Crippen molar-refractivity contribution in [3.63, 3.8) is 0 Å². The van der Waals surface area contributed by atoms with Gasteiger partial charge in [0.2, 0.25) is 5.88 Å². The molecule has 0 saturated carbocycles. The molecule has 0 saturated heterocycles. The van der Waals surface area contributed by atoms with Gasteiger partial charge in [-0.05, 0) is 18.2 Å². The molecule has 1 aromatic carbocycles. The molecule has 2 N–H and O–H groups in total. The van der Waals surface area contributed by atoms with Crippen LogP contribution in [0.4, 0.5) is 0 Å². The van der Waals surface area contributed by atoms with Gasteiger partial charge < -0.3 is 14.8 Å². The predicted octanol–water partition coefficient (Wildman–Crippen LogP) is 1.60. The van der Waals surface area contributed by atoms with Crippen molar-refractivity contribution < 1.29 is 14.6 Å². The molecular weight excluding hydrogens is 234 g/mol. The lowest BCUT2D eigenvalue weighted by molar-refractivity contribution is 0.0601. The molecule has 0 fully saturated rings. The predicted molar refractivity (Wildman–Crippen MR) is 64.4 cm³/mol. The monoisotopic (exact) mass is 243 g/mol. The van der Waals surface area contributed by atoms with Crippen LogP contribution in [0.15, 0.2) is 24.5 Å². The van der Waals surface area contributed by atoms with E-state index in [4.69, 9.17) is 0 Å². The first kappa shape index (κ1) is 10.5. The number of nitrogens with one attached hydrogen (secondary N) is 1. The van der Waals surface area contributed by atoms with Gasteiger partial charge >= 0.3 is 5.97 Å². The molecule has 0 atom stereocenters. The van der Waals surface area contributed by atoms with E-state index in [-0.39, 0.29) is 5.88 Å². The lowest BCUT2D eigenvalue weighted by atomic mass is 10.1. The van der Waals surface area contributed by atoms with Gasteiger partial charge in [-0.2, -0.15) is 0 Å². The van der Waals surface area contributed by atoms with Crippen molar-refractivity contribution in [1.82, 2.24) is 15.0 Å². The van der Waals surface area contributed by atoms with Gasteiger partial charge in [0.15, 0.2) is 0 Å². The Hall–Kier alpha value is -2.63. The number of ether oxygens (including phenoxy) is 1. The highest BCUT2D eigenvalue weighted by Crippen LogP contribution is 2.30. The SMILES string of the molecule is COC(=O)c1ccc2[nH]c3ncnc(O)c3c2c1. The second-order valence-electron chi connectivity index (χ2n) is 3.80. The van der Waals surface area contributed by atoms with E-state index in [1.54, 1.807) is 18.2 Å². The molecule has 0 aliphatic carbocycles. The highest BCUT2D eigenvalue weighted by Gasteiger charge is 2.13. The Bertz CT molecular complexity index is 764. The van der Waals surface area contributed by atoms with Gasteiger partial charge in [-0.15, -0.1) is 0 Å². The number of aromatic amines is 1. The molecule has 0 aliphatic heterocycles. The number of benzene rings is 1. The average Bonchev–Trinajstić information content (AvgIpc) is 2.76. The van der Waals surface area contributed by atoms with Crippen molar-refractivity contribution in [3.05, 3.63) is 30.1 Å².